The van der Waals surface area contributed by atoms with Crippen LogP contribution < -0.4 is 5.32 Å². The summed E-state index contributed by atoms with van der Waals surface area (Å²) in [6, 6.07) is 1.47. The number of nitrogens with zero attached hydrogens (tertiary/aromatic N) is 1. The second kappa shape index (κ2) is 3.73. The maximum atomic E-state index is 5.30. The highest BCUT2D eigenvalue weighted by atomic mass is 16.5. The van der Waals surface area contributed by atoms with E-state index in [1.165, 1.54) is 25.9 Å². The first-order valence-corrected chi connectivity index (χ1v) is 4.87. The van der Waals surface area contributed by atoms with Gasteiger partial charge in [-0.25, -0.2) is 0 Å². The number of nitrogens with one attached hydrogen (secondary N) is 1. The predicted octanol–water partition coefficient (Wildman–Crippen LogP) is 0.0690. The second-order valence-electron chi connectivity index (χ2n) is 3.97. The Morgan fingerprint density at radius 1 is 1.17 bits per heavy atom. The zero-order valence-corrected chi connectivity index (χ0v) is 7.75. The lowest BCUT2D eigenvalue weighted by molar-refractivity contribution is 0.0620. The van der Waals surface area contributed by atoms with Crippen molar-refractivity contribution in [1.82, 2.24) is 10.2 Å². The summed E-state index contributed by atoms with van der Waals surface area (Å²) < 4.78 is 5.30. The normalized spacial score (nSPS) is 28.8. The molecule has 0 radical (unpaired) electrons. The molecule has 0 aromatic rings. The highest BCUT2D eigenvalue weighted by Crippen LogP contribution is 2.11. The molecule has 1 N–H and O–H groups in total. The number of hydrogen-bond acceptors (Lipinski definition) is 3. The van der Waals surface area contributed by atoms with Gasteiger partial charge >= 0.3 is 0 Å². The SMILES string of the molecule is CN1CC(NC2CCOCC2)C1. The van der Waals surface area contributed by atoms with E-state index < -0.39 is 0 Å². The summed E-state index contributed by atoms with van der Waals surface area (Å²) in [4.78, 5) is 2.34. The molecule has 0 saturated carbocycles. The van der Waals surface area contributed by atoms with Gasteiger partial charge in [0.15, 0.2) is 0 Å². The molecule has 0 unspecified atom stereocenters. The van der Waals surface area contributed by atoms with Crippen molar-refractivity contribution in [1.29, 1.82) is 0 Å². The summed E-state index contributed by atoms with van der Waals surface area (Å²) in [5, 5.41) is 3.66. The van der Waals surface area contributed by atoms with Crippen molar-refractivity contribution in [2.24, 2.45) is 0 Å². The molecule has 2 heterocycles. The molecule has 0 spiro atoms. The summed E-state index contributed by atoms with van der Waals surface area (Å²) in [7, 11) is 2.17. The Labute approximate surface area is 74.1 Å². The average Bonchev–Trinajstić information content (AvgIpc) is 2.04. The van der Waals surface area contributed by atoms with Crippen LogP contribution in [0.3, 0.4) is 0 Å². The molecule has 3 nitrogen and oxygen atoms in total. The van der Waals surface area contributed by atoms with Crippen molar-refractivity contribution in [3.63, 3.8) is 0 Å². The van der Waals surface area contributed by atoms with Crippen LogP contribution >= 0.6 is 0 Å². The maximum absolute atomic E-state index is 5.30. The molecule has 3 heteroatoms. The summed E-state index contributed by atoms with van der Waals surface area (Å²) in [6.45, 7) is 4.33. The Hall–Kier alpha value is -0.120. The van der Waals surface area contributed by atoms with E-state index in [4.69, 9.17) is 4.74 Å². The van der Waals surface area contributed by atoms with E-state index in [9.17, 15) is 0 Å². The lowest BCUT2D eigenvalue weighted by Crippen LogP contribution is -2.59. The first-order valence-electron chi connectivity index (χ1n) is 4.87. The molecule has 0 bridgehead atoms. The number of ether oxygens (including phenoxy) is 1. The molecule has 0 aromatic heterocycles. The van der Waals surface area contributed by atoms with Gasteiger partial charge in [-0.05, 0) is 19.9 Å². The van der Waals surface area contributed by atoms with Crippen LogP contribution in [0, 0.1) is 0 Å². The van der Waals surface area contributed by atoms with Crippen molar-refractivity contribution >= 4 is 0 Å². The molecular weight excluding hydrogens is 152 g/mol. The number of likely N-dealkylation sites (N-methyl/N-ethyl adjacent to an activating group) is 1. The lowest BCUT2D eigenvalue weighted by atomic mass is 10.0. The Balaban J connectivity index is 1.65. The van der Waals surface area contributed by atoms with Crippen LogP contribution in [0.25, 0.3) is 0 Å². The molecule has 0 aliphatic carbocycles. The number of rotatable bonds is 2. The van der Waals surface area contributed by atoms with Crippen LogP contribution in [0.4, 0.5) is 0 Å². The van der Waals surface area contributed by atoms with Gasteiger partial charge in [-0.3, -0.25) is 0 Å². The van der Waals surface area contributed by atoms with Crippen LogP contribution in [0.15, 0.2) is 0 Å². The van der Waals surface area contributed by atoms with Gasteiger partial charge in [0, 0.05) is 38.4 Å². The monoisotopic (exact) mass is 170 g/mol. The highest BCUT2D eigenvalue weighted by Gasteiger charge is 2.26. The van der Waals surface area contributed by atoms with E-state index in [0.717, 1.165) is 25.3 Å². The molecule has 2 aliphatic heterocycles. The van der Waals surface area contributed by atoms with Gasteiger partial charge in [0.1, 0.15) is 0 Å². The molecule has 2 aliphatic rings. The predicted molar refractivity (Wildman–Crippen MR) is 48.3 cm³/mol. The molecule has 0 atom stereocenters. The van der Waals surface area contributed by atoms with Crippen molar-refractivity contribution < 1.29 is 4.74 Å². The van der Waals surface area contributed by atoms with E-state index >= 15 is 0 Å². The molecule has 12 heavy (non-hydrogen) atoms. The molecule has 70 valence electrons. The summed E-state index contributed by atoms with van der Waals surface area (Å²) in [6.07, 6.45) is 2.39. The Morgan fingerprint density at radius 2 is 1.83 bits per heavy atom. The van der Waals surface area contributed by atoms with E-state index in [0.29, 0.717) is 0 Å². The second-order valence-corrected chi connectivity index (χ2v) is 3.97. The smallest absolute Gasteiger partial charge is 0.0480 e. The molecule has 2 fully saturated rings. The van der Waals surface area contributed by atoms with Crippen molar-refractivity contribution in [3.8, 4) is 0 Å². The first-order chi connectivity index (χ1) is 5.84. The Bertz CT molecular complexity index is 139. The van der Waals surface area contributed by atoms with E-state index in [2.05, 4.69) is 17.3 Å². The summed E-state index contributed by atoms with van der Waals surface area (Å²) >= 11 is 0. The van der Waals surface area contributed by atoms with E-state index in [1.54, 1.807) is 0 Å². The molecule has 0 amide bonds. The Kier molecular flexibility index (Phi) is 2.63. The van der Waals surface area contributed by atoms with Crippen LogP contribution in [-0.4, -0.2) is 50.3 Å². The molecule has 2 rings (SSSR count). The fourth-order valence-corrected chi connectivity index (χ4v) is 2.00. The van der Waals surface area contributed by atoms with Gasteiger partial charge in [-0.1, -0.05) is 0 Å². The minimum Gasteiger partial charge on any atom is -0.381 e. The minimum atomic E-state index is 0.720. The van der Waals surface area contributed by atoms with Gasteiger partial charge in [-0.15, -0.1) is 0 Å². The molecular formula is C9H18N2O. The fraction of sp³-hybridized carbons (Fsp3) is 1.00. The average molecular weight is 170 g/mol. The maximum Gasteiger partial charge on any atom is 0.0480 e. The Morgan fingerprint density at radius 3 is 2.42 bits per heavy atom. The minimum absolute atomic E-state index is 0.720. The summed E-state index contributed by atoms with van der Waals surface area (Å²) in [5.74, 6) is 0. The van der Waals surface area contributed by atoms with Gasteiger partial charge in [0.05, 0.1) is 0 Å². The molecule has 2 saturated heterocycles. The third-order valence-electron chi connectivity index (χ3n) is 2.76. The zero-order chi connectivity index (χ0) is 8.39. The quantitative estimate of drug-likeness (QED) is 0.634. The van der Waals surface area contributed by atoms with Gasteiger partial charge < -0.3 is 15.0 Å². The lowest BCUT2D eigenvalue weighted by Gasteiger charge is -2.40. The third-order valence-corrected chi connectivity index (χ3v) is 2.76. The third kappa shape index (κ3) is 1.97. The highest BCUT2D eigenvalue weighted by molar-refractivity contribution is 4.86. The fourth-order valence-electron chi connectivity index (χ4n) is 2.00. The van der Waals surface area contributed by atoms with Crippen molar-refractivity contribution in [3.05, 3.63) is 0 Å². The van der Waals surface area contributed by atoms with Crippen LogP contribution in [-0.2, 0) is 4.74 Å². The van der Waals surface area contributed by atoms with E-state index in [1.807, 2.05) is 0 Å². The van der Waals surface area contributed by atoms with Gasteiger partial charge in [-0.2, -0.15) is 0 Å². The zero-order valence-electron chi connectivity index (χ0n) is 7.75. The van der Waals surface area contributed by atoms with Crippen LogP contribution in [0.5, 0.6) is 0 Å². The van der Waals surface area contributed by atoms with Crippen molar-refractivity contribution in [2.75, 3.05) is 33.4 Å². The van der Waals surface area contributed by atoms with Gasteiger partial charge in [0.2, 0.25) is 0 Å². The van der Waals surface area contributed by atoms with Gasteiger partial charge in [0.25, 0.3) is 0 Å². The summed E-state index contributed by atoms with van der Waals surface area (Å²) in [5.41, 5.74) is 0. The van der Waals surface area contributed by atoms with E-state index in [-0.39, 0.29) is 0 Å². The van der Waals surface area contributed by atoms with Crippen molar-refractivity contribution in [2.45, 2.75) is 24.9 Å². The molecule has 0 aromatic carbocycles. The number of likely N-dealkylation sites (tertiary alicyclic amines) is 1. The number of hydrogen-bond donors (Lipinski definition) is 1. The topological polar surface area (TPSA) is 24.5 Å². The largest absolute Gasteiger partial charge is 0.381 e. The standard InChI is InChI=1S/C9H18N2O/c1-11-6-9(7-11)10-8-2-4-12-5-3-8/h8-10H,2-7H2,1H3. The first kappa shape index (κ1) is 8.48. The van der Waals surface area contributed by atoms with Crippen LogP contribution in [0.1, 0.15) is 12.8 Å². The van der Waals surface area contributed by atoms with Crippen LogP contribution in [0.2, 0.25) is 0 Å².